The van der Waals surface area contributed by atoms with Gasteiger partial charge in [0.1, 0.15) is 5.75 Å². The van der Waals surface area contributed by atoms with Gasteiger partial charge >= 0.3 is 6.18 Å². The number of methoxy groups -OCH3 is 1. The summed E-state index contributed by atoms with van der Waals surface area (Å²) in [5.74, 6) is -0.687. The fourth-order valence-electron chi connectivity index (χ4n) is 2.58. The summed E-state index contributed by atoms with van der Waals surface area (Å²) in [7, 11) is 2.82. The second-order valence-corrected chi connectivity index (χ2v) is 5.94. The minimum atomic E-state index is -4.70. The van der Waals surface area contributed by atoms with Crippen LogP contribution in [-0.2, 0) is 13.2 Å². The first kappa shape index (κ1) is 20.2. The van der Waals surface area contributed by atoms with Crippen molar-refractivity contribution in [3.05, 3.63) is 53.2 Å². The number of para-hydroxylation sites is 1. The minimum Gasteiger partial charge on any atom is -0.496 e. The Bertz CT molecular complexity index is 1060. The predicted octanol–water partition coefficient (Wildman–Crippen LogP) is 3.80. The van der Waals surface area contributed by atoms with Crippen molar-refractivity contribution in [2.45, 2.75) is 13.1 Å². The Balaban J connectivity index is 1.99. The van der Waals surface area contributed by atoms with E-state index in [1.54, 1.807) is 31.2 Å². The molecule has 0 amide bonds. The minimum absolute atomic E-state index is 0.00814. The molecule has 29 heavy (non-hydrogen) atoms. The topological polar surface area (TPSA) is 77.2 Å². The van der Waals surface area contributed by atoms with Crippen molar-refractivity contribution in [1.82, 2.24) is 19.7 Å². The van der Waals surface area contributed by atoms with E-state index >= 15 is 0 Å². The van der Waals surface area contributed by atoms with Crippen molar-refractivity contribution in [2.75, 3.05) is 12.5 Å². The van der Waals surface area contributed by atoms with Crippen LogP contribution < -0.4 is 10.2 Å². The number of benzene rings is 1. The van der Waals surface area contributed by atoms with Gasteiger partial charge in [-0.25, -0.2) is 20.1 Å². The highest BCUT2D eigenvalue weighted by Gasteiger charge is 2.34. The molecule has 0 unspecified atom stereocenters. The predicted molar refractivity (Wildman–Crippen MR) is 98.1 cm³/mol. The molecule has 0 bridgehead atoms. The summed E-state index contributed by atoms with van der Waals surface area (Å²) in [4.78, 5) is 7.53. The third kappa shape index (κ3) is 4.33. The Morgan fingerprint density at radius 3 is 2.55 bits per heavy atom. The lowest BCUT2D eigenvalue weighted by molar-refractivity contribution is -0.141. The molecule has 2 heterocycles. The molecular formula is C18H16F4N6O. The van der Waals surface area contributed by atoms with Gasteiger partial charge in [0.15, 0.2) is 5.69 Å². The number of nitrogens with one attached hydrogen (secondary N) is 1. The molecule has 11 heteroatoms. The number of nitrogens with zero attached hydrogens (tertiary/aromatic N) is 5. The van der Waals surface area contributed by atoms with Crippen molar-refractivity contribution in [3.63, 3.8) is 0 Å². The maximum Gasteiger partial charge on any atom is 0.433 e. The quantitative estimate of drug-likeness (QED) is 0.395. The van der Waals surface area contributed by atoms with E-state index in [0.717, 1.165) is 17.0 Å². The van der Waals surface area contributed by atoms with Crippen LogP contribution in [0.1, 0.15) is 17.0 Å². The van der Waals surface area contributed by atoms with Crippen LogP contribution in [0.15, 0.2) is 35.4 Å². The highest BCUT2D eigenvalue weighted by molar-refractivity contribution is 5.81. The monoisotopic (exact) mass is 408 g/mol. The molecule has 0 aliphatic rings. The number of halogens is 4. The number of hydrogen-bond acceptors (Lipinski definition) is 6. The maximum absolute atomic E-state index is 13.9. The zero-order valence-corrected chi connectivity index (χ0v) is 15.6. The van der Waals surface area contributed by atoms with Crippen molar-refractivity contribution in [2.24, 2.45) is 12.1 Å². The average molecular weight is 408 g/mol. The van der Waals surface area contributed by atoms with E-state index in [9.17, 15) is 17.6 Å². The highest BCUT2D eigenvalue weighted by atomic mass is 19.4. The van der Waals surface area contributed by atoms with Crippen LogP contribution in [-0.4, -0.2) is 33.1 Å². The summed E-state index contributed by atoms with van der Waals surface area (Å²) in [5, 5.41) is 7.64. The second kappa shape index (κ2) is 7.86. The van der Waals surface area contributed by atoms with E-state index in [-0.39, 0.29) is 11.3 Å². The lowest BCUT2D eigenvalue weighted by atomic mass is 10.1. The maximum atomic E-state index is 13.9. The van der Waals surface area contributed by atoms with Gasteiger partial charge in [-0.3, -0.25) is 0 Å². The largest absolute Gasteiger partial charge is 0.496 e. The van der Waals surface area contributed by atoms with Crippen molar-refractivity contribution in [1.29, 1.82) is 0 Å². The molecule has 0 aliphatic carbocycles. The molecule has 1 aromatic carbocycles. The molecule has 0 fully saturated rings. The van der Waals surface area contributed by atoms with Gasteiger partial charge in [0.2, 0.25) is 11.9 Å². The number of aromatic nitrogens is 4. The van der Waals surface area contributed by atoms with E-state index in [1.807, 2.05) is 0 Å². The van der Waals surface area contributed by atoms with Gasteiger partial charge in [-0.1, -0.05) is 12.1 Å². The second-order valence-electron chi connectivity index (χ2n) is 5.94. The molecule has 1 N–H and O–H groups in total. The fraction of sp³-hybridized carbons (Fsp3) is 0.222. The van der Waals surface area contributed by atoms with E-state index in [1.165, 1.54) is 14.2 Å². The fourth-order valence-corrected chi connectivity index (χ4v) is 2.58. The third-order valence-corrected chi connectivity index (χ3v) is 3.95. The molecule has 0 atom stereocenters. The molecule has 3 aromatic rings. The van der Waals surface area contributed by atoms with Crippen LogP contribution in [0.4, 0.5) is 23.5 Å². The number of anilines is 1. The van der Waals surface area contributed by atoms with Crippen molar-refractivity contribution < 1.29 is 22.3 Å². The first-order valence-corrected chi connectivity index (χ1v) is 8.28. The first-order chi connectivity index (χ1) is 13.7. The summed E-state index contributed by atoms with van der Waals surface area (Å²) in [6.45, 7) is 1.57. The van der Waals surface area contributed by atoms with Gasteiger partial charge in [0, 0.05) is 12.6 Å². The number of alkyl halides is 3. The number of aryl methyl sites for hydroxylation is 2. The van der Waals surface area contributed by atoms with Crippen molar-refractivity contribution >= 4 is 12.2 Å². The van der Waals surface area contributed by atoms with Gasteiger partial charge in [0.25, 0.3) is 0 Å². The van der Waals surface area contributed by atoms with E-state index in [2.05, 4.69) is 25.6 Å². The standard InChI is InChI=1S/C18H16F4N6O/c1-10-12(16(19)28(2)27-10)9-23-26-17-24-13(8-15(25-17)18(20,21)22)11-6-4-5-7-14(11)29-3/h4-9H,1-3H3,(H,24,25,26). The molecule has 152 valence electrons. The van der Waals surface area contributed by atoms with Gasteiger partial charge in [-0.05, 0) is 25.1 Å². The number of rotatable bonds is 5. The lowest BCUT2D eigenvalue weighted by Gasteiger charge is -2.12. The molecule has 0 saturated carbocycles. The molecular weight excluding hydrogens is 392 g/mol. The Morgan fingerprint density at radius 1 is 1.21 bits per heavy atom. The van der Waals surface area contributed by atoms with Crippen LogP contribution in [0.25, 0.3) is 11.3 Å². The molecule has 2 aromatic heterocycles. The Hall–Kier alpha value is -3.50. The van der Waals surface area contributed by atoms with E-state index in [0.29, 0.717) is 17.0 Å². The summed E-state index contributed by atoms with van der Waals surface area (Å²) in [6, 6.07) is 7.32. The summed E-state index contributed by atoms with van der Waals surface area (Å²) >= 11 is 0. The van der Waals surface area contributed by atoms with Crippen LogP contribution in [0, 0.1) is 12.9 Å². The Labute approximate surface area is 163 Å². The molecule has 0 spiro atoms. The molecule has 0 aliphatic heterocycles. The number of ether oxygens (including phenoxy) is 1. The summed E-state index contributed by atoms with van der Waals surface area (Å²) < 4.78 is 60.0. The normalized spacial score (nSPS) is 11.8. The number of hydrazone groups is 1. The SMILES string of the molecule is COc1ccccc1-c1cc(C(F)(F)F)nc(NN=Cc2c(C)nn(C)c2F)n1. The molecule has 7 nitrogen and oxygen atoms in total. The Morgan fingerprint density at radius 2 is 1.93 bits per heavy atom. The third-order valence-electron chi connectivity index (χ3n) is 3.95. The Kier molecular flexibility index (Phi) is 5.48. The first-order valence-electron chi connectivity index (χ1n) is 8.28. The smallest absolute Gasteiger partial charge is 0.433 e. The van der Waals surface area contributed by atoms with E-state index in [4.69, 9.17) is 4.74 Å². The lowest BCUT2D eigenvalue weighted by Crippen LogP contribution is -2.11. The van der Waals surface area contributed by atoms with Crippen LogP contribution >= 0.6 is 0 Å². The molecule has 0 radical (unpaired) electrons. The summed E-state index contributed by atoms with van der Waals surface area (Å²) in [5.41, 5.74) is 1.97. The van der Waals surface area contributed by atoms with Gasteiger partial charge in [-0.2, -0.15) is 27.8 Å². The van der Waals surface area contributed by atoms with E-state index < -0.39 is 23.8 Å². The van der Waals surface area contributed by atoms with Crippen LogP contribution in [0.5, 0.6) is 5.75 Å². The van der Waals surface area contributed by atoms with Gasteiger partial charge in [-0.15, -0.1) is 0 Å². The zero-order chi connectivity index (χ0) is 21.2. The van der Waals surface area contributed by atoms with Crippen molar-refractivity contribution in [3.8, 4) is 17.0 Å². The van der Waals surface area contributed by atoms with Gasteiger partial charge < -0.3 is 4.74 Å². The molecule has 0 saturated heterocycles. The van der Waals surface area contributed by atoms with Gasteiger partial charge in [0.05, 0.1) is 30.3 Å². The molecule has 3 rings (SSSR count). The average Bonchev–Trinajstić information content (AvgIpc) is 2.93. The van der Waals surface area contributed by atoms with Crippen LogP contribution in [0.2, 0.25) is 0 Å². The highest BCUT2D eigenvalue weighted by Crippen LogP contribution is 2.34. The number of hydrogen-bond donors (Lipinski definition) is 1. The van der Waals surface area contributed by atoms with Crippen LogP contribution in [0.3, 0.4) is 0 Å². The zero-order valence-electron chi connectivity index (χ0n) is 15.6. The summed E-state index contributed by atoms with van der Waals surface area (Å²) in [6.07, 6.45) is -3.60.